The summed E-state index contributed by atoms with van der Waals surface area (Å²) in [4.78, 5) is 18.8. The zero-order valence-electron chi connectivity index (χ0n) is 14.3. The molecule has 1 aliphatic heterocycles. The fourth-order valence-electron chi connectivity index (χ4n) is 3.32. The lowest BCUT2D eigenvalue weighted by Gasteiger charge is -2.30. The lowest BCUT2D eigenvalue weighted by molar-refractivity contribution is -0.127. The highest BCUT2D eigenvalue weighted by molar-refractivity contribution is 5.91. The summed E-state index contributed by atoms with van der Waals surface area (Å²) in [5.41, 5.74) is 2.02. The molecule has 0 radical (unpaired) electrons. The Bertz CT molecular complexity index is 930. The van der Waals surface area contributed by atoms with E-state index in [2.05, 4.69) is 4.98 Å². The van der Waals surface area contributed by atoms with Gasteiger partial charge in [0.25, 0.3) is 0 Å². The molecule has 132 valence electrons. The van der Waals surface area contributed by atoms with E-state index in [1.54, 1.807) is 23.1 Å². The minimum atomic E-state index is -0.334. The van der Waals surface area contributed by atoms with Gasteiger partial charge >= 0.3 is 0 Å². The van der Waals surface area contributed by atoms with Gasteiger partial charge in [-0.25, -0.2) is 9.37 Å². The maximum atomic E-state index is 13.7. The van der Waals surface area contributed by atoms with Crippen molar-refractivity contribution in [1.29, 1.82) is 0 Å². The lowest BCUT2D eigenvalue weighted by Crippen LogP contribution is -2.38. The molecule has 1 aliphatic rings. The number of nitrogens with zero attached hydrogens (tertiary/aromatic N) is 2. The van der Waals surface area contributed by atoms with Crippen molar-refractivity contribution >= 4 is 23.1 Å². The Morgan fingerprint density at radius 3 is 2.85 bits per heavy atom. The number of oxazole rings is 1. The van der Waals surface area contributed by atoms with E-state index in [9.17, 15) is 9.18 Å². The number of carbonyl (C=O) groups is 1. The van der Waals surface area contributed by atoms with Crippen LogP contribution in [0.4, 0.5) is 4.39 Å². The number of hydrogen-bond acceptors (Lipinski definition) is 3. The third-order valence-corrected chi connectivity index (χ3v) is 4.70. The number of carbonyl (C=O) groups excluding carboxylic acids is 1. The monoisotopic (exact) mass is 350 g/mol. The highest BCUT2D eigenvalue weighted by atomic mass is 19.1. The Balaban J connectivity index is 1.47. The van der Waals surface area contributed by atoms with Crippen LogP contribution in [0.25, 0.3) is 17.2 Å². The Labute approximate surface area is 150 Å². The third kappa shape index (κ3) is 3.38. The number of hydrogen-bond donors (Lipinski definition) is 0. The van der Waals surface area contributed by atoms with Gasteiger partial charge in [-0.15, -0.1) is 0 Å². The van der Waals surface area contributed by atoms with Crippen LogP contribution in [-0.4, -0.2) is 28.9 Å². The lowest BCUT2D eigenvalue weighted by atomic mass is 9.98. The maximum absolute atomic E-state index is 13.7. The van der Waals surface area contributed by atoms with Crippen molar-refractivity contribution in [3.05, 3.63) is 71.9 Å². The molecule has 5 heteroatoms. The van der Waals surface area contributed by atoms with Gasteiger partial charge in [-0.05, 0) is 37.1 Å². The van der Waals surface area contributed by atoms with Crippen LogP contribution in [-0.2, 0) is 4.79 Å². The predicted molar refractivity (Wildman–Crippen MR) is 98.0 cm³/mol. The highest BCUT2D eigenvalue weighted by Gasteiger charge is 2.27. The number of fused-ring (bicyclic) bond motifs is 1. The summed E-state index contributed by atoms with van der Waals surface area (Å²) in [6.45, 7) is 1.25. The number of halogens is 1. The molecule has 4 rings (SSSR count). The first kappa shape index (κ1) is 16.5. The van der Waals surface area contributed by atoms with Crippen molar-refractivity contribution in [3.63, 3.8) is 0 Å². The Hall–Kier alpha value is -2.95. The molecule has 1 saturated heterocycles. The zero-order valence-corrected chi connectivity index (χ0v) is 14.3. The first-order valence-corrected chi connectivity index (χ1v) is 8.78. The molecule has 1 atom stereocenters. The van der Waals surface area contributed by atoms with E-state index in [1.165, 1.54) is 18.2 Å². The van der Waals surface area contributed by atoms with Gasteiger partial charge in [-0.2, -0.15) is 0 Å². The first-order valence-electron chi connectivity index (χ1n) is 8.78. The summed E-state index contributed by atoms with van der Waals surface area (Å²) in [5, 5.41) is 0. The van der Waals surface area contributed by atoms with E-state index in [4.69, 9.17) is 4.42 Å². The van der Waals surface area contributed by atoms with Gasteiger partial charge in [0.1, 0.15) is 11.3 Å². The van der Waals surface area contributed by atoms with Gasteiger partial charge in [0.2, 0.25) is 5.91 Å². The van der Waals surface area contributed by atoms with Crippen molar-refractivity contribution in [1.82, 2.24) is 9.88 Å². The second-order valence-electron chi connectivity index (χ2n) is 6.50. The molecule has 0 bridgehead atoms. The van der Waals surface area contributed by atoms with Gasteiger partial charge in [-0.1, -0.05) is 30.3 Å². The van der Waals surface area contributed by atoms with Crippen LogP contribution in [0.5, 0.6) is 0 Å². The normalized spacial score (nSPS) is 17.9. The van der Waals surface area contributed by atoms with Crippen molar-refractivity contribution in [2.24, 2.45) is 0 Å². The number of para-hydroxylation sites is 2. The van der Waals surface area contributed by atoms with Crippen molar-refractivity contribution in [3.8, 4) is 0 Å². The summed E-state index contributed by atoms with van der Waals surface area (Å²) in [5.74, 6) is 0.317. The number of aromatic nitrogens is 1. The van der Waals surface area contributed by atoms with Crippen LogP contribution in [0.3, 0.4) is 0 Å². The van der Waals surface area contributed by atoms with Crippen LogP contribution >= 0.6 is 0 Å². The molecule has 1 fully saturated rings. The molecule has 3 aromatic rings. The van der Waals surface area contributed by atoms with E-state index in [1.807, 2.05) is 24.3 Å². The molecule has 1 unspecified atom stereocenters. The summed E-state index contributed by atoms with van der Waals surface area (Å²) >= 11 is 0. The Morgan fingerprint density at radius 1 is 1.19 bits per heavy atom. The Kier molecular flexibility index (Phi) is 4.52. The second-order valence-corrected chi connectivity index (χ2v) is 6.50. The van der Waals surface area contributed by atoms with Crippen LogP contribution in [0.2, 0.25) is 0 Å². The fraction of sp³-hybridized carbons (Fsp3) is 0.238. The van der Waals surface area contributed by atoms with Gasteiger partial charge in [0.05, 0.1) is 5.92 Å². The van der Waals surface area contributed by atoms with Crippen LogP contribution in [0.15, 0.2) is 59.0 Å². The SMILES string of the molecule is O=C(/C=C/c1ccccc1F)N1CCCC(c2nc3ccccc3o2)C1. The minimum absolute atomic E-state index is 0.0851. The molecule has 4 nitrogen and oxygen atoms in total. The maximum Gasteiger partial charge on any atom is 0.246 e. The molecule has 2 aromatic carbocycles. The van der Waals surface area contributed by atoms with Gasteiger partial charge in [0, 0.05) is 24.7 Å². The average Bonchev–Trinajstić information content (AvgIpc) is 3.11. The Morgan fingerprint density at radius 2 is 2.00 bits per heavy atom. The number of piperidine rings is 1. The van der Waals surface area contributed by atoms with E-state index in [0.717, 1.165) is 23.9 Å². The first-order chi connectivity index (χ1) is 12.7. The molecule has 0 saturated carbocycles. The van der Waals surface area contributed by atoms with E-state index < -0.39 is 0 Å². The topological polar surface area (TPSA) is 46.3 Å². The van der Waals surface area contributed by atoms with Crippen LogP contribution < -0.4 is 0 Å². The largest absolute Gasteiger partial charge is 0.440 e. The van der Waals surface area contributed by atoms with Crippen molar-refractivity contribution in [2.75, 3.05) is 13.1 Å². The molecule has 0 spiro atoms. The summed E-state index contributed by atoms with van der Waals surface area (Å²) < 4.78 is 19.5. The molecule has 0 N–H and O–H groups in total. The van der Waals surface area contributed by atoms with Crippen LogP contribution in [0.1, 0.15) is 30.2 Å². The van der Waals surface area contributed by atoms with Crippen LogP contribution in [0, 0.1) is 5.82 Å². The van der Waals surface area contributed by atoms with Crippen molar-refractivity contribution < 1.29 is 13.6 Å². The van der Waals surface area contributed by atoms with Gasteiger partial charge in [0.15, 0.2) is 11.5 Å². The number of rotatable bonds is 3. The molecule has 2 heterocycles. The molecule has 0 aliphatic carbocycles. The van der Waals surface area contributed by atoms with Gasteiger partial charge in [-0.3, -0.25) is 4.79 Å². The van der Waals surface area contributed by atoms with Crippen molar-refractivity contribution in [2.45, 2.75) is 18.8 Å². The molecule has 1 amide bonds. The fourth-order valence-corrected chi connectivity index (χ4v) is 3.32. The molecule has 1 aromatic heterocycles. The molecule has 26 heavy (non-hydrogen) atoms. The third-order valence-electron chi connectivity index (χ3n) is 4.70. The molecular weight excluding hydrogens is 331 g/mol. The summed E-state index contributed by atoms with van der Waals surface area (Å²) in [7, 11) is 0. The van der Waals surface area contributed by atoms with E-state index >= 15 is 0 Å². The summed E-state index contributed by atoms with van der Waals surface area (Å²) in [6, 6.07) is 14.1. The average molecular weight is 350 g/mol. The van der Waals surface area contributed by atoms with E-state index in [-0.39, 0.29) is 17.6 Å². The zero-order chi connectivity index (χ0) is 17.9. The van der Waals surface area contributed by atoms with Gasteiger partial charge < -0.3 is 9.32 Å². The van der Waals surface area contributed by atoms with E-state index in [0.29, 0.717) is 24.5 Å². The summed E-state index contributed by atoms with van der Waals surface area (Å²) in [6.07, 6.45) is 4.80. The number of amides is 1. The second kappa shape index (κ2) is 7.12. The standard InChI is InChI=1S/C21H19FN2O2/c22-17-8-2-1-6-15(17)11-12-20(25)24-13-5-7-16(14-24)21-23-18-9-3-4-10-19(18)26-21/h1-4,6,8-12,16H,5,7,13-14H2/b12-11+. The predicted octanol–water partition coefficient (Wildman–Crippen LogP) is 4.39. The molecular formula is C21H19FN2O2. The number of benzene rings is 2. The minimum Gasteiger partial charge on any atom is -0.440 e. The smallest absolute Gasteiger partial charge is 0.246 e. The number of likely N-dealkylation sites (tertiary alicyclic amines) is 1. The quantitative estimate of drug-likeness (QED) is 0.658. The highest BCUT2D eigenvalue weighted by Crippen LogP contribution is 2.29.